The Labute approximate surface area is 98.2 Å². The third-order valence-electron chi connectivity index (χ3n) is 4.13. The number of nitrogens with zero attached hydrogens (tertiary/aromatic N) is 1. The molecule has 0 aromatic rings. The molecular formula is C12H24N2S. The van der Waals surface area contributed by atoms with E-state index in [1.54, 1.807) is 0 Å². The Morgan fingerprint density at radius 3 is 2.60 bits per heavy atom. The molecule has 2 saturated heterocycles. The Bertz CT molecular complexity index is 190. The minimum absolute atomic E-state index is 0.804. The Balaban J connectivity index is 1.84. The summed E-state index contributed by atoms with van der Waals surface area (Å²) in [5.41, 5.74) is 0. The summed E-state index contributed by atoms with van der Waals surface area (Å²) < 4.78 is 0. The highest BCUT2D eigenvalue weighted by atomic mass is 32.2. The molecule has 1 N–H and O–H groups in total. The molecule has 2 aliphatic heterocycles. The van der Waals surface area contributed by atoms with Gasteiger partial charge in [0.15, 0.2) is 0 Å². The molecule has 0 aliphatic carbocycles. The lowest BCUT2D eigenvalue weighted by atomic mass is 9.93. The van der Waals surface area contributed by atoms with Crippen molar-refractivity contribution in [1.29, 1.82) is 0 Å². The van der Waals surface area contributed by atoms with Crippen molar-refractivity contribution in [2.45, 2.75) is 37.5 Å². The molecule has 0 amide bonds. The van der Waals surface area contributed by atoms with E-state index in [9.17, 15) is 0 Å². The largest absolute Gasteiger partial charge is 0.314 e. The number of hydrogen-bond acceptors (Lipinski definition) is 3. The molecule has 2 fully saturated rings. The normalized spacial score (nSPS) is 34.8. The van der Waals surface area contributed by atoms with Gasteiger partial charge in [0.25, 0.3) is 0 Å². The van der Waals surface area contributed by atoms with E-state index >= 15 is 0 Å². The van der Waals surface area contributed by atoms with Gasteiger partial charge in [0.05, 0.1) is 0 Å². The van der Waals surface area contributed by atoms with Gasteiger partial charge in [0, 0.05) is 24.4 Å². The highest BCUT2D eigenvalue weighted by Gasteiger charge is 2.33. The predicted octanol–water partition coefficient (Wildman–Crippen LogP) is 1.81. The van der Waals surface area contributed by atoms with Crippen LogP contribution in [0.5, 0.6) is 0 Å². The van der Waals surface area contributed by atoms with Crippen LogP contribution in [0.15, 0.2) is 0 Å². The van der Waals surface area contributed by atoms with Crippen molar-refractivity contribution in [2.75, 3.05) is 32.4 Å². The van der Waals surface area contributed by atoms with Gasteiger partial charge in [-0.3, -0.25) is 4.90 Å². The van der Waals surface area contributed by atoms with Gasteiger partial charge in [-0.1, -0.05) is 13.3 Å². The molecule has 2 nitrogen and oxygen atoms in total. The van der Waals surface area contributed by atoms with Crippen LogP contribution in [0.25, 0.3) is 0 Å². The Kier molecular flexibility index (Phi) is 4.35. The molecule has 2 rings (SSSR count). The molecule has 15 heavy (non-hydrogen) atoms. The first-order valence-electron chi connectivity index (χ1n) is 6.32. The van der Waals surface area contributed by atoms with Crippen molar-refractivity contribution < 1.29 is 0 Å². The number of hydrogen-bond donors (Lipinski definition) is 1. The molecule has 88 valence electrons. The van der Waals surface area contributed by atoms with Crippen molar-refractivity contribution in [3.8, 4) is 0 Å². The van der Waals surface area contributed by atoms with E-state index < -0.39 is 0 Å². The molecule has 2 heterocycles. The summed E-state index contributed by atoms with van der Waals surface area (Å²) in [4.78, 5) is 2.73. The zero-order chi connectivity index (χ0) is 10.7. The third-order valence-corrected chi connectivity index (χ3v) is 5.21. The summed E-state index contributed by atoms with van der Waals surface area (Å²) in [5.74, 6) is 1.00. The molecule has 0 bridgehead atoms. The number of nitrogens with one attached hydrogen (secondary N) is 1. The monoisotopic (exact) mass is 228 g/mol. The van der Waals surface area contributed by atoms with Gasteiger partial charge < -0.3 is 5.32 Å². The second-order valence-electron chi connectivity index (χ2n) is 4.89. The fraction of sp³-hybridized carbons (Fsp3) is 1.00. The van der Waals surface area contributed by atoms with Crippen molar-refractivity contribution in [2.24, 2.45) is 5.92 Å². The van der Waals surface area contributed by atoms with E-state index in [1.807, 2.05) is 11.8 Å². The minimum Gasteiger partial charge on any atom is -0.314 e. The zero-order valence-corrected chi connectivity index (χ0v) is 10.9. The highest BCUT2D eigenvalue weighted by molar-refractivity contribution is 7.99. The molecule has 0 saturated carbocycles. The summed E-state index contributed by atoms with van der Waals surface area (Å²) in [6, 6.07) is 0.804. The smallest absolute Gasteiger partial charge is 0.0351 e. The topological polar surface area (TPSA) is 15.3 Å². The van der Waals surface area contributed by atoms with Crippen molar-refractivity contribution >= 4 is 11.8 Å². The fourth-order valence-electron chi connectivity index (χ4n) is 2.94. The van der Waals surface area contributed by atoms with Crippen LogP contribution in [-0.2, 0) is 0 Å². The molecule has 0 aromatic heterocycles. The lowest BCUT2D eigenvalue weighted by molar-refractivity contribution is 0.141. The van der Waals surface area contributed by atoms with Crippen LogP contribution in [0, 0.1) is 5.92 Å². The predicted molar refractivity (Wildman–Crippen MR) is 68.5 cm³/mol. The zero-order valence-electron chi connectivity index (χ0n) is 10.0. The molecule has 2 aliphatic rings. The highest BCUT2D eigenvalue weighted by Crippen LogP contribution is 2.26. The van der Waals surface area contributed by atoms with E-state index in [2.05, 4.69) is 23.4 Å². The summed E-state index contributed by atoms with van der Waals surface area (Å²) in [7, 11) is 0. The minimum atomic E-state index is 0.804. The van der Waals surface area contributed by atoms with Gasteiger partial charge in [0.1, 0.15) is 0 Å². The van der Waals surface area contributed by atoms with E-state index in [4.69, 9.17) is 0 Å². The Morgan fingerprint density at radius 1 is 1.27 bits per heavy atom. The first kappa shape index (κ1) is 11.7. The summed E-state index contributed by atoms with van der Waals surface area (Å²) >= 11 is 2.04. The summed E-state index contributed by atoms with van der Waals surface area (Å²) in [6.45, 7) is 7.42. The quantitative estimate of drug-likeness (QED) is 0.793. The molecule has 2 atom stereocenters. The molecular weight excluding hydrogens is 204 g/mol. The number of likely N-dealkylation sites (tertiary alicyclic amines) is 1. The van der Waals surface area contributed by atoms with Crippen LogP contribution in [-0.4, -0.2) is 48.6 Å². The van der Waals surface area contributed by atoms with E-state index in [1.165, 1.54) is 45.4 Å². The van der Waals surface area contributed by atoms with E-state index in [0.29, 0.717) is 0 Å². The Morgan fingerprint density at radius 2 is 2.00 bits per heavy atom. The number of thioether (sulfide) groups is 1. The van der Waals surface area contributed by atoms with E-state index in [-0.39, 0.29) is 0 Å². The van der Waals surface area contributed by atoms with Crippen molar-refractivity contribution in [3.63, 3.8) is 0 Å². The van der Waals surface area contributed by atoms with Crippen LogP contribution >= 0.6 is 11.8 Å². The van der Waals surface area contributed by atoms with Crippen LogP contribution in [0.4, 0.5) is 0 Å². The molecule has 0 radical (unpaired) electrons. The number of rotatable bonds is 3. The van der Waals surface area contributed by atoms with Gasteiger partial charge in [0.2, 0.25) is 0 Å². The summed E-state index contributed by atoms with van der Waals surface area (Å²) in [5, 5.41) is 4.36. The van der Waals surface area contributed by atoms with Gasteiger partial charge in [-0.25, -0.2) is 0 Å². The Hall–Kier alpha value is 0.270. The van der Waals surface area contributed by atoms with Gasteiger partial charge >= 0.3 is 0 Å². The summed E-state index contributed by atoms with van der Waals surface area (Å²) in [6.07, 6.45) is 6.48. The molecule has 0 spiro atoms. The molecule has 3 heteroatoms. The number of piperidine rings is 1. The maximum absolute atomic E-state index is 3.53. The SMILES string of the molecule is CCC1CCN(C2CNCC2SC)CC1. The van der Waals surface area contributed by atoms with Crippen LogP contribution in [0.1, 0.15) is 26.2 Å². The molecule has 0 aromatic carbocycles. The van der Waals surface area contributed by atoms with Crippen molar-refractivity contribution in [1.82, 2.24) is 10.2 Å². The van der Waals surface area contributed by atoms with E-state index in [0.717, 1.165) is 17.2 Å². The first-order chi connectivity index (χ1) is 7.35. The standard InChI is InChI=1S/C12H24N2S/c1-3-10-4-6-14(7-5-10)11-8-13-9-12(11)15-2/h10-13H,3-9H2,1-2H3. The van der Waals surface area contributed by atoms with Gasteiger partial charge in [-0.2, -0.15) is 11.8 Å². The second kappa shape index (κ2) is 5.55. The average Bonchev–Trinajstić information content (AvgIpc) is 2.77. The van der Waals surface area contributed by atoms with Crippen LogP contribution < -0.4 is 5.32 Å². The van der Waals surface area contributed by atoms with Gasteiger partial charge in [-0.05, 0) is 38.1 Å². The van der Waals surface area contributed by atoms with Crippen molar-refractivity contribution in [3.05, 3.63) is 0 Å². The molecule has 2 unspecified atom stereocenters. The maximum Gasteiger partial charge on any atom is 0.0351 e. The second-order valence-corrected chi connectivity index (χ2v) is 5.96. The average molecular weight is 228 g/mol. The van der Waals surface area contributed by atoms with Gasteiger partial charge in [-0.15, -0.1) is 0 Å². The first-order valence-corrected chi connectivity index (χ1v) is 7.61. The third kappa shape index (κ3) is 2.69. The lowest BCUT2D eigenvalue weighted by Gasteiger charge is -2.37. The lowest BCUT2D eigenvalue weighted by Crippen LogP contribution is -2.46. The van der Waals surface area contributed by atoms with Crippen LogP contribution in [0.2, 0.25) is 0 Å². The maximum atomic E-state index is 3.53. The fourth-order valence-corrected chi connectivity index (χ4v) is 3.81. The van der Waals surface area contributed by atoms with Crippen LogP contribution in [0.3, 0.4) is 0 Å².